The molecule has 0 atom stereocenters. The van der Waals surface area contributed by atoms with E-state index in [0.29, 0.717) is 19.6 Å². The van der Waals surface area contributed by atoms with Crippen molar-refractivity contribution in [3.8, 4) is 0 Å². The van der Waals surface area contributed by atoms with Crippen LogP contribution in [-0.4, -0.2) is 47.1 Å². The predicted octanol–water partition coefficient (Wildman–Crippen LogP) is 3.69. The molecule has 0 saturated carbocycles. The van der Waals surface area contributed by atoms with E-state index in [0.717, 1.165) is 34.9 Å². The van der Waals surface area contributed by atoms with Gasteiger partial charge in [0.1, 0.15) is 4.34 Å². The largest absolute Gasteiger partial charge is 0.356 e. The fraction of sp³-hybridized carbons (Fsp3) is 0.381. The van der Waals surface area contributed by atoms with E-state index in [1.807, 2.05) is 52.9 Å². The summed E-state index contributed by atoms with van der Waals surface area (Å²) >= 11 is 3.37. The van der Waals surface area contributed by atoms with Crippen molar-refractivity contribution in [3.05, 3.63) is 53.5 Å². The number of benzene rings is 1. The number of likely N-dealkylation sites (tertiary alicyclic amines) is 1. The molecule has 7 heteroatoms. The zero-order valence-corrected chi connectivity index (χ0v) is 17.4. The number of nitrogens with one attached hydrogen (secondary N) is 1. The molecule has 1 aliphatic heterocycles. The van der Waals surface area contributed by atoms with Crippen molar-refractivity contribution in [2.24, 2.45) is 5.92 Å². The fourth-order valence-electron chi connectivity index (χ4n) is 3.07. The lowest BCUT2D eigenvalue weighted by Gasteiger charge is -2.30. The van der Waals surface area contributed by atoms with Crippen LogP contribution in [0.2, 0.25) is 0 Å². The summed E-state index contributed by atoms with van der Waals surface area (Å²) in [5.74, 6) is 1.09. The highest BCUT2D eigenvalue weighted by atomic mass is 32.2. The number of aromatic nitrogens is 1. The van der Waals surface area contributed by atoms with Gasteiger partial charge in [0.15, 0.2) is 0 Å². The average Bonchev–Trinajstić information content (AvgIpc) is 3.26. The van der Waals surface area contributed by atoms with Gasteiger partial charge in [0.2, 0.25) is 11.8 Å². The molecule has 2 heterocycles. The summed E-state index contributed by atoms with van der Waals surface area (Å²) in [7, 11) is 0. The second kappa shape index (κ2) is 11.0. The third-order valence-electron chi connectivity index (χ3n) is 4.65. The fourth-order valence-corrected chi connectivity index (χ4v) is 4.72. The molecule has 0 spiro atoms. The smallest absolute Gasteiger partial charge is 0.246 e. The molecule has 0 bridgehead atoms. The van der Waals surface area contributed by atoms with Crippen molar-refractivity contribution in [1.82, 2.24) is 15.2 Å². The minimum Gasteiger partial charge on any atom is -0.356 e. The summed E-state index contributed by atoms with van der Waals surface area (Å²) in [5, 5.41) is 5.01. The van der Waals surface area contributed by atoms with Gasteiger partial charge in [-0.3, -0.25) is 9.59 Å². The van der Waals surface area contributed by atoms with Gasteiger partial charge in [0.25, 0.3) is 0 Å². The van der Waals surface area contributed by atoms with Crippen LogP contribution in [0.3, 0.4) is 0 Å². The minimum atomic E-state index is 0.00812. The Bertz CT molecular complexity index is 770. The van der Waals surface area contributed by atoms with Crippen LogP contribution in [-0.2, 0) is 9.59 Å². The van der Waals surface area contributed by atoms with Gasteiger partial charge in [-0.25, -0.2) is 4.98 Å². The SMILES string of the molecule is O=C(NCCCSc1nccs1)C1CCN(C(=O)/C=C/c2ccccc2)CC1. The number of amides is 2. The van der Waals surface area contributed by atoms with Crippen LogP contribution in [0, 0.1) is 5.92 Å². The maximum Gasteiger partial charge on any atom is 0.246 e. The Morgan fingerprint density at radius 1 is 1.25 bits per heavy atom. The maximum absolute atomic E-state index is 12.3. The standard InChI is InChI=1S/C21H25N3O2S2/c25-19(8-7-17-5-2-1-3-6-17)24-13-9-18(10-14-24)20(26)22-11-4-15-27-21-23-12-16-28-21/h1-3,5-8,12,16,18H,4,9-11,13-15H2,(H,22,26)/b8-7+. The molecule has 2 amide bonds. The summed E-state index contributed by atoms with van der Waals surface area (Å²) in [4.78, 5) is 30.7. The van der Waals surface area contributed by atoms with Crippen LogP contribution >= 0.6 is 23.1 Å². The van der Waals surface area contributed by atoms with E-state index in [2.05, 4.69) is 10.3 Å². The number of hydrogen-bond acceptors (Lipinski definition) is 5. The monoisotopic (exact) mass is 415 g/mol. The molecular weight excluding hydrogens is 390 g/mol. The van der Waals surface area contributed by atoms with Crippen molar-refractivity contribution in [2.45, 2.75) is 23.6 Å². The Hall–Kier alpha value is -2.12. The number of carbonyl (C=O) groups is 2. The lowest BCUT2D eigenvalue weighted by molar-refractivity contribution is -0.132. The van der Waals surface area contributed by atoms with Gasteiger partial charge in [0, 0.05) is 49.0 Å². The highest BCUT2D eigenvalue weighted by Gasteiger charge is 2.26. The molecule has 1 fully saturated rings. The van der Waals surface area contributed by atoms with E-state index in [-0.39, 0.29) is 17.7 Å². The average molecular weight is 416 g/mol. The van der Waals surface area contributed by atoms with E-state index in [1.165, 1.54) is 0 Å². The molecule has 1 aromatic carbocycles. The first-order valence-corrected chi connectivity index (χ1v) is 11.4. The van der Waals surface area contributed by atoms with Crippen LogP contribution in [0.1, 0.15) is 24.8 Å². The van der Waals surface area contributed by atoms with E-state index in [4.69, 9.17) is 0 Å². The molecule has 28 heavy (non-hydrogen) atoms. The highest BCUT2D eigenvalue weighted by molar-refractivity contribution is 8.00. The molecule has 2 aromatic rings. The molecule has 0 radical (unpaired) electrons. The second-order valence-corrected chi connectivity index (χ2v) is 8.87. The van der Waals surface area contributed by atoms with Gasteiger partial charge in [-0.2, -0.15) is 0 Å². The van der Waals surface area contributed by atoms with Crippen LogP contribution < -0.4 is 5.32 Å². The molecule has 1 N–H and O–H groups in total. The maximum atomic E-state index is 12.3. The van der Waals surface area contributed by atoms with Gasteiger partial charge < -0.3 is 10.2 Å². The molecule has 5 nitrogen and oxygen atoms in total. The first-order chi connectivity index (χ1) is 13.7. The van der Waals surface area contributed by atoms with Gasteiger partial charge >= 0.3 is 0 Å². The molecular formula is C21H25N3O2S2. The number of piperidine rings is 1. The number of thioether (sulfide) groups is 1. The third kappa shape index (κ3) is 6.49. The summed E-state index contributed by atoms with van der Waals surface area (Å²) in [6, 6.07) is 9.79. The molecule has 1 aliphatic rings. The molecule has 0 unspecified atom stereocenters. The van der Waals surface area contributed by atoms with Crippen LogP contribution in [0.15, 0.2) is 52.3 Å². The molecule has 148 valence electrons. The Morgan fingerprint density at radius 3 is 2.75 bits per heavy atom. The van der Waals surface area contributed by atoms with Crippen molar-refractivity contribution in [3.63, 3.8) is 0 Å². The van der Waals surface area contributed by atoms with Crippen molar-refractivity contribution >= 4 is 41.0 Å². The van der Waals surface area contributed by atoms with Crippen molar-refractivity contribution in [2.75, 3.05) is 25.4 Å². The number of rotatable bonds is 8. The summed E-state index contributed by atoms with van der Waals surface area (Å²) in [6.45, 7) is 1.96. The molecule has 3 rings (SSSR count). The Labute approximate surface area is 174 Å². The van der Waals surface area contributed by atoms with Gasteiger partial charge in [0.05, 0.1) is 0 Å². The number of hydrogen-bond donors (Lipinski definition) is 1. The Balaban J connectivity index is 1.32. The van der Waals surface area contributed by atoms with Crippen LogP contribution in [0.5, 0.6) is 0 Å². The van der Waals surface area contributed by atoms with Gasteiger partial charge in [-0.1, -0.05) is 42.1 Å². The summed E-state index contributed by atoms with van der Waals surface area (Å²) in [6.07, 6.45) is 7.65. The minimum absolute atomic E-state index is 0.00812. The van der Waals surface area contributed by atoms with E-state index in [1.54, 1.807) is 29.2 Å². The van der Waals surface area contributed by atoms with Crippen LogP contribution in [0.4, 0.5) is 0 Å². The number of thiazole rings is 1. The van der Waals surface area contributed by atoms with E-state index >= 15 is 0 Å². The Morgan fingerprint density at radius 2 is 2.04 bits per heavy atom. The van der Waals surface area contributed by atoms with Crippen LogP contribution in [0.25, 0.3) is 6.08 Å². The van der Waals surface area contributed by atoms with Gasteiger partial charge in [-0.15, -0.1) is 11.3 Å². The summed E-state index contributed by atoms with van der Waals surface area (Å²) in [5.41, 5.74) is 1.01. The number of nitrogens with zero attached hydrogens (tertiary/aromatic N) is 2. The second-order valence-electron chi connectivity index (χ2n) is 6.63. The van der Waals surface area contributed by atoms with E-state index in [9.17, 15) is 9.59 Å². The predicted molar refractivity (Wildman–Crippen MR) is 115 cm³/mol. The lowest BCUT2D eigenvalue weighted by atomic mass is 9.96. The lowest BCUT2D eigenvalue weighted by Crippen LogP contribution is -2.42. The first-order valence-electron chi connectivity index (χ1n) is 9.54. The Kier molecular flexibility index (Phi) is 8.11. The first kappa shape index (κ1) is 20.6. The zero-order chi connectivity index (χ0) is 19.6. The molecule has 0 aliphatic carbocycles. The highest BCUT2D eigenvalue weighted by Crippen LogP contribution is 2.21. The molecule has 1 saturated heterocycles. The zero-order valence-electron chi connectivity index (χ0n) is 15.8. The quantitative estimate of drug-likeness (QED) is 0.406. The topological polar surface area (TPSA) is 62.3 Å². The number of carbonyl (C=O) groups excluding carboxylic acids is 2. The van der Waals surface area contributed by atoms with Crippen molar-refractivity contribution in [1.29, 1.82) is 0 Å². The van der Waals surface area contributed by atoms with E-state index < -0.39 is 0 Å². The third-order valence-corrected chi connectivity index (χ3v) is 6.70. The molecule has 1 aromatic heterocycles. The van der Waals surface area contributed by atoms with Crippen molar-refractivity contribution < 1.29 is 9.59 Å². The van der Waals surface area contributed by atoms with Gasteiger partial charge in [-0.05, 0) is 30.9 Å². The normalized spacial score (nSPS) is 15.1. The summed E-state index contributed by atoms with van der Waals surface area (Å²) < 4.78 is 1.07.